The minimum atomic E-state index is 0.901. The zero-order valence-corrected chi connectivity index (χ0v) is 33.6. The Morgan fingerprint density at radius 1 is 0.306 bits per heavy atom. The first-order chi connectivity index (χ1) is 30.7. The number of furan rings is 1. The molecule has 0 atom stereocenters. The van der Waals surface area contributed by atoms with Gasteiger partial charge in [0.05, 0.1) is 22.1 Å². The van der Waals surface area contributed by atoms with Crippen molar-refractivity contribution in [1.29, 1.82) is 0 Å². The number of hydrogen-bond acceptors (Lipinski definition) is 2. The van der Waals surface area contributed by atoms with Gasteiger partial charge >= 0.3 is 0 Å². The van der Waals surface area contributed by atoms with E-state index in [-0.39, 0.29) is 0 Å². The van der Waals surface area contributed by atoms with E-state index in [0.717, 1.165) is 72.4 Å². The molecule has 4 heteroatoms. The Balaban J connectivity index is 0.997. The molecule has 0 aliphatic rings. The summed E-state index contributed by atoms with van der Waals surface area (Å²) in [5.41, 5.74) is 14.4. The van der Waals surface area contributed by atoms with Crippen LogP contribution in [0.15, 0.2) is 229 Å². The number of aromatic nitrogens is 2. The smallest absolute Gasteiger partial charge is 0.143 e. The summed E-state index contributed by atoms with van der Waals surface area (Å²) in [6.07, 6.45) is 0. The molecule has 0 fully saturated rings. The topological polar surface area (TPSA) is 26.2 Å². The highest BCUT2D eigenvalue weighted by Gasteiger charge is 2.21. The van der Waals surface area contributed by atoms with Crippen LogP contribution in [0.3, 0.4) is 0 Å². The molecular formula is C58H37N3O. The number of rotatable bonds is 6. The Bertz CT molecular complexity index is 3860. The molecule has 0 aliphatic heterocycles. The van der Waals surface area contributed by atoms with E-state index in [0.29, 0.717) is 0 Å². The minimum Gasteiger partial charge on any atom is -0.455 e. The molecule has 0 bridgehead atoms. The summed E-state index contributed by atoms with van der Waals surface area (Å²) < 4.78 is 11.3. The largest absolute Gasteiger partial charge is 0.455 e. The third-order valence-electron chi connectivity index (χ3n) is 12.7. The number of hydrogen-bond donors (Lipinski definition) is 0. The lowest BCUT2D eigenvalue weighted by atomic mass is 10.00. The number of fused-ring (bicyclic) bond motifs is 11. The first-order valence-electron chi connectivity index (χ1n) is 21.2. The van der Waals surface area contributed by atoms with E-state index in [4.69, 9.17) is 4.42 Å². The van der Waals surface area contributed by atoms with E-state index < -0.39 is 0 Å². The van der Waals surface area contributed by atoms with Crippen molar-refractivity contribution in [2.24, 2.45) is 0 Å². The number of para-hydroxylation sites is 4. The van der Waals surface area contributed by atoms with Crippen LogP contribution in [0.2, 0.25) is 0 Å². The summed E-state index contributed by atoms with van der Waals surface area (Å²) in [7, 11) is 0. The molecule has 3 aromatic heterocycles. The Kier molecular flexibility index (Phi) is 7.57. The molecule has 0 spiro atoms. The van der Waals surface area contributed by atoms with E-state index in [9.17, 15) is 0 Å². The van der Waals surface area contributed by atoms with Gasteiger partial charge in [-0.1, -0.05) is 121 Å². The fourth-order valence-electron chi connectivity index (χ4n) is 9.85. The fourth-order valence-corrected chi connectivity index (χ4v) is 9.85. The molecule has 0 unspecified atom stereocenters. The maximum absolute atomic E-state index is 6.48. The van der Waals surface area contributed by atoms with E-state index in [2.05, 4.69) is 238 Å². The predicted molar refractivity (Wildman–Crippen MR) is 260 cm³/mol. The number of benzene rings is 10. The molecule has 0 saturated carbocycles. The molecule has 13 rings (SSSR count). The van der Waals surface area contributed by atoms with E-state index >= 15 is 0 Å². The van der Waals surface area contributed by atoms with Crippen LogP contribution in [0.25, 0.3) is 98.8 Å². The van der Waals surface area contributed by atoms with Crippen molar-refractivity contribution in [3.05, 3.63) is 224 Å². The van der Waals surface area contributed by atoms with Gasteiger partial charge in [-0.05, 0) is 120 Å². The lowest BCUT2D eigenvalue weighted by Gasteiger charge is -2.26. The zero-order valence-electron chi connectivity index (χ0n) is 33.6. The Morgan fingerprint density at radius 3 is 1.61 bits per heavy atom. The van der Waals surface area contributed by atoms with Crippen molar-refractivity contribution in [2.45, 2.75) is 0 Å². The van der Waals surface area contributed by atoms with Gasteiger partial charge in [-0.25, -0.2) is 0 Å². The quantitative estimate of drug-likeness (QED) is 0.168. The molecule has 290 valence electrons. The SMILES string of the molecule is c1ccc(N(c2ccc3c(c2)c2ccccc2n3-c2ccccc2)c2ccc3c4cc(-c5ccc6oc7c8ccccc8ccc7c6c5)ccc4n(-c4ccccc4)c3c2)cc1. The molecule has 4 nitrogen and oxygen atoms in total. The first-order valence-corrected chi connectivity index (χ1v) is 21.2. The highest BCUT2D eigenvalue weighted by atomic mass is 16.3. The Labute approximate surface area is 357 Å². The van der Waals surface area contributed by atoms with Crippen LogP contribution < -0.4 is 4.90 Å². The molecule has 62 heavy (non-hydrogen) atoms. The molecule has 0 N–H and O–H groups in total. The first kappa shape index (κ1) is 34.5. The highest BCUT2D eigenvalue weighted by molar-refractivity contribution is 6.16. The minimum absolute atomic E-state index is 0.901. The zero-order chi connectivity index (χ0) is 40.7. The van der Waals surface area contributed by atoms with Crippen LogP contribution >= 0.6 is 0 Å². The van der Waals surface area contributed by atoms with Crippen LogP contribution in [0, 0.1) is 0 Å². The predicted octanol–water partition coefficient (Wildman–Crippen LogP) is 16.1. The van der Waals surface area contributed by atoms with Crippen LogP contribution in [0.5, 0.6) is 0 Å². The van der Waals surface area contributed by atoms with Gasteiger partial charge in [0.2, 0.25) is 0 Å². The van der Waals surface area contributed by atoms with Crippen molar-refractivity contribution in [3.8, 4) is 22.5 Å². The van der Waals surface area contributed by atoms with Gasteiger partial charge in [0, 0.05) is 66.1 Å². The van der Waals surface area contributed by atoms with Gasteiger partial charge in [-0.3, -0.25) is 0 Å². The summed E-state index contributed by atoms with van der Waals surface area (Å²) in [5, 5.41) is 9.43. The highest BCUT2D eigenvalue weighted by Crippen LogP contribution is 2.43. The summed E-state index contributed by atoms with van der Waals surface area (Å²) >= 11 is 0. The third kappa shape index (κ3) is 5.27. The fraction of sp³-hybridized carbons (Fsp3) is 0. The average molecular weight is 792 g/mol. The molecule has 10 aromatic carbocycles. The van der Waals surface area contributed by atoms with Gasteiger partial charge < -0.3 is 18.5 Å². The van der Waals surface area contributed by atoms with Crippen molar-refractivity contribution in [2.75, 3.05) is 4.90 Å². The van der Waals surface area contributed by atoms with Crippen molar-refractivity contribution in [1.82, 2.24) is 9.13 Å². The molecule has 0 amide bonds. The second kappa shape index (κ2) is 13.6. The average Bonchev–Trinajstić information content (AvgIpc) is 3.99. The maximum atomic E-state index is 6.48. The number of nitrogens with zero attached hydrogens (tertiary/aromatic N) is 3. The Morgan fingerprint density at radius 2 is 0.839 bits per heavy atom. The summed E-state index contributed by atoms with van der Waals surface area (Å²) in [4.78, 5) is 2.39. The van der Waals surface area contributed by atoms with Crippen LogP contribution in [0.4, 0.5) is 17.1 Å². The molecule has 3 heterocycles. The molecule has 0 aliphatic carbocycles. The van der Waals surface area contributed by atoms with E-state index in [1.54, 1.807) is 0 Å². The van der Waals surface area contributed by atoms with E-state index in [1.807, 2.05) is 0 Å². The van der Waals surface area contributed by atoms with Gasteiger partial charge in [0.25, 0.3) is 0 Å². The lowest BCUT2D eigenvalue weighted by molar-refractivity contribution is 0.672. The standard InChI is InChI=1S/C58H37N3O/c1-4-15-41(16-5-1)59(44-28-32-55-51(36-44)47-22-12-13-23-53(47)60(55)42-17-6-2-7-18-42)45-27-30-48-50-34-39(25-31-54(50)61(56(48)37-45)43-19-8-3-9-20-43)40-26-33-57-52(35-40)49-29-24-38-14-10-11-21-46(38)58(49)62-57/h1-37H. The molecule has 13 aromatic rings. The molecular weight excluding hydrogens is 755 g/mol. The Hall–Kier alpha value is -8.34. The van der Waals surface area contributed by atoms with Crippen LogP contribution in [0.1, 0.15) is 0 Å². The summed E-state index contributed by atoms with van der Waals surface area (Å²) in [6.45, 7) is 0. The lowest BCUT2D eigenvalue weighted by Crippen LogP contribution is -2.10. The summed E-state index contributed by atoms with van der Waals surface area (Å²) in [5.74, 6) is 0. The van der Waals surface area contributed by atoms with E-state index in [1.165, 1.54) is 43.5 Å². The van der Waals surface area contributed by atoms with Crippen molar-refractivity contribution >= 4 is 93.4 Å². The van der Waals surface area contributed by atoms with Gasteiger partial charge in [-0.2, -0.15) is 0 Å². The van der Waals surface area contributed by atoms with Crippen molar-refractivity contribution in [3.63, 3.8) is 0 Å². The van der Waals surface area contributed by atoms with Crippen molar-refractivity contribution < 1.29 is 4.42 Å². The third-order valence-corrected chi connectivity index (χ3v) is 12.7. The number of anilines is 3. The van der Waals surface area contributed by atoms with Gasteiger partial charge in [0.1, 0.15) is 11.2 Å². The second-order valence-corrected chi connectivity index (χ2v) is 16.1. The molecule has 0 saturated heterocycles. The van der Waals surface area contributed by atoms with Crippen LogP contribution in [-0.2, 0) is 0 Å². The maximum Gasteiger partial charge on any atom is 0.143 e. The summed E-state index contributed by atoms with van der Waals surface area (Å²) in [6, 6.07) is 81.0. The monoisotopic (exact) mass is 791 g/mol. The second-order valence-electron chi connectivity index (χ2n) is 16.1. The van der Waals surface area contributed by atoms with Gasteiger partial charge in [0.15, 0.2) is 0 Å². The van der Waals surface area contributed by atoms with Crippen LogP contribution in [-0.4, -0.2) is 9.13 Å². The molecule has 0 radical (unpaired) electrons. The van der Waals surface area contributed by atoms with Gasteiger partial charge in [-0.15, -0.1) is 0 Å². The normalized spacial score (nSPS) is 11.9.